The summed E-state index contributed by atoms with van der Waals surface area (Å²) in [6, 6.07) is 4.50. The summed E-state index contributed by atoms with van der Waals surface area (Å²) in [5, 5.41) is 15.9. The van der Waals surface area contributed by atoms with Gasteiger partial charge in [-0.15, -0.1) is 11.3 Å². The first-order chi connectivity index (χ1) is 11.5. The van der Waals surface area contributed by atoms with E-state index in [0.717, 1.165) is 10.4 Å². The number of hydrogen-bond donors (Lipinski definition) is 1. The Morgan fingerprint density at radius 3 is 2.67 bits per heavy atom. The van der Waals surface area contributed by atoms with Crippen molar-refractivity contribution in [1.29, 1.82) is 0 Å². The van der Waals surface area contributed by atoms with Crippen LogP contribution in [-0.2, 0) is 6.54 Å². The van der Waals surface area contributed by atoms with Crippen LogP contribution in [0.25, 0.3) is 0 Å². The second-order valence-corrected chi connectivity index (χ2v) is 5.92. The lowest BCUT2D eigenvalue weighted by molar-refractivity contribution is -0.385. The minimum atomic E-state index is -0.608. The number of amides is 1. The van der Waals surface area contributed by atoms with Gasteiger partial charge in [-0.2, -0.15) is 0 Å². The predicted molar refractivity (Wildman–Crippen MR) is 91.0 cm³/mol. The number of carbonyl (C=O) groups excluding carboxylic acids is 1. The summed E-state index contributed by atoms with van der Waals surface area (Å²) in [6.07, 6.45) is 0. The van der Waals surface area contributed by atoms with Gasteiger partial charge < -0.3 is 14.8 Å². The highest BCUT2D eigenvalue weighted by Gasteiger charge is 2.24. The zero-order valence-corrected chi connectivity index (χ0v) is 14.4. The summed E-state index contributed by atoms with van der Waals surface area (Å²) < 4.78 is 10.5. The van der Waals surface area contributed by atoms with Crippen LogP contribution in [0.1, 0.15) is 27.7 Å². The van der Waals surface area contributed by atoms with Crippen molar-refractivity contribution in [2.24, 2.45) is 0 Å². The number of nitrogens with zero attached hydrogens (tertiary/aromatic N) is 1. The number of aryl methyl sites for hydroxylation is 1. The first kappa shape index (κ1) is 17.7. The van der Waals surface area contributed by atoms with Crippen molar-refractivity contribution >= 4 is 22.9 Å². The van der Waals surface area contributed by atoms with E-state index in [2.05, 4.69) is 5.32 Å². The van der Waals surface area contributed by atoms with Gasteiger partial charge >= 0.3 is 0 Å². The van der Waals surface area contributed by atoms with Crippen LogP contribution in [0.2, 0.25) is 0 Å². The first-order valence-corrected chi connectivity index (χ1v) is 8.16. The van der Waals surface area contributed by atoms with E-state index in [1.54, 1.807) is 6.92 Å². The summed E-state index contributed by atoms with van der Waals surface area (Å²) in [5.41, 5.74) is 0.689. The van der Waals surface area contributed by atoms with Crippen molar-refractivity contribution in [3.63, 3.8) is 0 Å². The van der Waals surface area contributed by atoms with E-state index in [1.807, 2.05) is 18.4 Å². The number of benzene rings is 1. The lowest BCUT2D eigenvalue weighted by atomic mass is 10.1. The molecule has 2 aromatic rings. The maximum absolute atomic E-state index is 12.4. The van der Waals surface area contributed by atoms with E-state index in [4.69, 9.17) is 9.47 Å². The molecule has 0 fully saturated rings. The van der Waals surface area contributed by atoms with Gasteiger partial charge in [-0.1, -0.05) is 0 Å². The number of thiophene rings is 1. The molecular weight excluding hydrogens is 332 g/mol. The Morgan fingerprint density at radius 2 is 2.12 bits per heavy atom. The van der Waals surface area contributed by atoms with Crippen molar-refractivity contribution < 1.29 is 19.2 Å². The number of nitrogens with one attached hydrogen (secondary N) is 1. The highest BCUT2D eigenvalue weighted by atomic mass is 32.1. The highest BCUT2D eigenvalue weighted by molar-refractivity contribution is 7.10. The van der Waals surface area contributed by atoms with E-state index in [0.29, 0.717) is 18.9 Å². The fraction of sp³-hybridized carbons (Fsp3) is 0.312. The number of rotatable bonds is 7. The van der Waals surface area contributed by atoms with Crippen molar-refractivity contribution in [3.05, 3.63) is 49.7 Å². The third kappa shape index (κ3) is 3.83. The van der Waals surface area contributed by atoms with Crippen LogP contribution < -0.4 is 14.8 Å². The quantitative estimate of drug-likeness (QED) is 0.611. The molecule has 1 amide bonds. The molecule has 2 rings (SSSR count). The van der Waals surface area contributed by atoms with Crippen LogP contribution in [0.3, 0.4) is 0 Å². The summed E-state index contributed by atoms with van der Waals surface area (Å²) in [5.74, 6) is -0.0182. The van der Waals surface area contributed by atoms with Gasteiger partial charge in [0.1, 0.15) is 5.56 Å². The Balaban J connectivity index is 2.32. The lowest BCUT2D eigenvalue weighted by Gasteiger charge is -2.12. The molecule has 0 unspecified atom stereocenters. The van der Waals surface area contributed by atoms with E-state index >= 15 is 0 Å². The Kier molecular flexibility index (Phi) is 5.75. The van der Waals surface area contributed by atoms with Gasteiger partial charge in [0.05, 0.1) is 31.3 Å². The largest absolute Gasteiger partial charge is 0.493 e. The van der Waals surface area contributed by atoms with Crippen molar-refractivity contribution in [2.45, 2.75) is 20.4 Å². The molecule has 24 heavy (non-hydrogen) atoms. The Labute approximate surface area is 143 Å². The number of ether oxygens (including phenoxy) is 2. The number of nitro benzene ring substituents is 1. The molecule has 128 valence electrons. The fourth-order valence-corrected chi connectivity index (χ4v) is 3.00. The molecule has 0 aliphatic carbocycles. The maximum Gasteiger partial charge on any atom is 0.286 e. The molecule has 7 nitrogen and oxygen atoms in total. The molecule has 0 spiro atoms. The second kappa shape index (κ2) is 7.78. The zero-order valence-electron chi connectivity index (χ0n) is 13.6. The summed E-state index contributed by atoms with van der Waals surface area (Å²) in [7, 11) is 1.39. The average molecular weight is 350 g/mol. The number of nitro groups is 1. The molecule has 1 N–H and O–H groups in total. The standard InChI is InChI=1S/C16H18N2O5S/c1-4-23-14-7-11(12(18(20)21)8-13(14)22-3)16(19)17-9-15-10(2)5-6-24-15/h5-8H,4,9H2,1-3H3,(H,17,19). The molecule has 8 heteroatoms. The van der Waals surface area contributed by atoms with E-state index in [-0.39, 0.29) is 17.0 Å². The SMILES string of the molecule is CCOc1cc(C(=O)NCc2sccc2C)c([N+](=O)[O-])cc1OC. The predicted octanol–water partition coefficient (Wildman–Crippen LogP) is 3.30. The maximum atomic E-state index is 12.4. The van der Waals surface area contributed by atoms with Crippen LogP contribution in [0, 0.1) is 17.0 Å². The topological polar surface area (TPSA) is 90.7 Å². The second-order valence-electron chi connectivity index (χ2n) is 4.92. The molecule has 0 atom stereocenters. The third-order valence-corrected chi connectivity index (χ3v) is 4.42. The first-order valence-electron chi connectivity index (χ1n) is 7.28. The van der Waals surface area contributed by atoms with E-state index in [1.165, 1.54) is 30.6 Å². The Bertz CT molecular complexity index is 757. The van der Waals surface area contributed by atoms with Crippen LogP contribution >= 0.6 is 11.3 Å². The summed E-state index contributed by atoms with van der Waals surface area (Å²) in [4.78, 5) is 24.1. The summed E-state index contributed by atoms with van der Waals surface area (Å²) >= 11 is 1.52. The van der Waals surface area contributed by atoms with E-state index < -0.39 is 10.8 Å². The molecule has 1 heterocycles. The molecule has 0 saturated carbocycles. The molecule has 0 aliphatic heterocycles. The lowest BCUT2D eigenvalue weighted by Crippen LogP contribution is -2.23. The number of carbonyl (C=O) groups is 1. The molecule has 1 aromatic carbocycles. The summed E-state index contributed by atoms with van der Waals surface area (Å²) in [6.45, 7) is 4.39. The number of hydrogen-bond acceptors (Lipinski definition) is 6. The molecule has 0 saturated heterocycles. The van der Waals surface area contributed by atoms with Crippen molar-refractivity contribution in [1.82, 2.24) is 5.32 Å². The normalized spacial score (nSPS) is 10.3. The molecule has 0 bridgehead atoms. The van der Waals surface area contributed by atoms with E-state index in [9.17, 15) is 14.9 Å². The van der Waals surface area contributed by atoms with Gasteiger partial charge in [0.15, 0.2) is 11.5 Å². The van der Waals surface area contributed by atoms with Gasteiger partial charge in [-0.3, -0.25) is 14.9 Å². The highest BCUT2D eigenvalue weighted by Crippen LogP contribution is 2.34. The third-order valence-electron chi connectivity index (χ3n) is 3.40. The van der Waals surface area contributed by atoms with Gasteiger partial charge in [0.2, 0.25) is 0 Å². The monoisotopic (exact) mass is 350 g/mol. The smallest absolute Gasteiger partial charge is 0.286 e. The fourth-order valence-electron chi connectivity index (χ4n) is 2.15. The van der Waals surface area contributed by atoms with Gasteiger partial charge in [-0.05, 0) is 30.9 Å². The van der Waals surface area contributed by atoms with Gasteiger partial charge in [0, 0.05) is 10.9 Å². The van der Waals surface area contributed by atoms with Crippen LogP contribution in [0.15, 0.2) is 23.6 Å². The number of methoxy groups -OCH3 is 1. The Hall–Kier alpha value is -2.61. The molecule has 0 aliphatic rings. The van der Waals surface area contributed by atoms with Crippen LogP contribution in [-0.4, -0.2) is 24.5 Å². The van der Waals surface area contributed by atoms with Crippen molar-refractivity contribution in [3.8, 4) is 11.5 Å². The van der Waals surface area contributed by atoms with Crippen molar-refractivity contribution in [2.75, 3.05) is 13.7 Å². The average Bonchev–Trinajstić information content (AvgIpc) is 2.97. The zero-order chi connectivity index (χ0) is 17.7. The van der Waals surface area contributed by atoms with Crippen LogP contribution in [0.4, 0.5) is 5.69 Å². The van der Waals surface area contributed by atoms with Gasteiger partial charge in [-0.25, -0.2) is 0 Å². The van der Waals surface area contributed by atoms with Crippen LogP contribution in [0.5, 0.6) is 11.5 Å². The van der Waals surface area contributed by atoms with Gasteiger partial charge in [0.25, 0.3) is 11.6 Å². The minimum absolute atomic E-state index is 0.0570. The molecule has 0 radical (unpaired) electrons. The Morgan fingerprint density at radius 1 is 1.38 bits per heavy atom. The minimum Gasteiger partial charge on any atom is -0.493 e. The molecular formula is C16H18N2O5S. The molecule has 1 aromatic heterocycles.